The van der Waals surface area contributed by atoms with E-state index in [2.05, 4.69) is 11.8 Å². The number of likely N-dealkylation sites (tertiary alicyclic amines) is 1. The third-order valence-electron chi connectivity index (χ3n) is 6.77. The zero-order chi connectivity index (χ0) is 25.8. The topological polar surface area (TPSA) is 66.9 Å². The summed E-state index contributed by atoms with van der Waals surface area (Å²) in [4.78, 5) is 45.3. The summed E-state index contributed by atoms with van der Waals surface area (Å²) < 4.78 is 0. The van der Waals surface area contributed by atoms with Gasteiger partial charge in [0.05, 0.1) is 11.1 Å². The molecule has 6 nitrogen and oxygen atoms in total. The summed E-state index contributed by atoms with van der Waals surface area (Å²) in [5, 5.41) is 1.29. The van der Waals surface area contributed by atoms with Crippen LogP contribution in [0.5, 0.6) is 0 Å². The van der Waals surface area contributed by atoms with E-state index >= 15 is 0 Å². The Hall–Kier alpha value is -4.08. The van der Waals surface area contributed by atoms with Crippen LogP contribution in [0.25, 0.3) is 0 Å². The highest BCUT2D eigenvalue weighted by atomic mass is 35.5. The van der Waals surface area contributed by atoms with E-state index in [0.29, 0.717) is 29.6 Å². The molecule has 3 amide bonds. The van der Waals surface area contributed by atoms with Gasteiger partial charge in [0.2, 0.25) is 0 Å². The monoisotopic (exact) mass is 512 g/mol. The Morgan fingerprint density at radius 1 is 0.865 bits per heavy atom. The fourth-order valence-corrected chi connectivity index (χ4v) is 4.73. The van der Waals surface area contributed by atoms with Crippen LogP contribution < -0.4 is 0 Å². The average molecular weight is 513 g/mol. The first kappa shape index (κ1) is 24.6. The van der Waals surface area contributed by atoms with E-state index in [4.69, 9.17) is 16.4 Å². The maximum atomic E-state index is 12.9. The van der Waals surface area contributed by atoms with Gasteiger partial charge in [0.1, 0.15) is 0 Å². The summed E-state index contributed by atoms with van der Waals surface area (Å²) in [6, 6.07) is 22.1. The molecule has 0 radical (unpaired) electrons. The van der Waals surface area contributed by atoms with Crippen LogP contribution in [0.2, 0.25) is 5.02 Å². The number of nitrogens with zero attached hydrogens (tertiary/aromatic N) is 2. The van der Waals surface area contributed by atoms with E-state index in [-0.39, 0.29) is 11.1 Å². The molecule has 0 unspecified atom stereocenters. The lowest BCUT2D eigenvalue weighted by atomic mass is 9.91. The summed E-state index contributed by atoms with van der Waals surface area (Å²) in [6.07, 6.45) is 2.98. The van der Waals surface area contributed by atoms with Crippen molar-refractivity contribution in [2.75, 3.05) is 13.1 Å². The van der Waals surface area contributed by atoms with Crippen molar-refractivity contribution in [3.05, 3.63) is 106 Å². The fraction of sp³-hybridized carbons (Fsp3) is 0.233. The molecule has 186 valence electrons. The Morgan fingerprint density at radius 3 is 2.27 bits per heavy atom. The van der Waals surface area contributed by atoms with Gasteiger partial charge in [-0.2, -0.15) is 0 Å². The standard InChI is InChI=1S/C30H25ClN2O4/c31-25-13-10-22(11-14-25)6-7-23-16-18-32(19-17-23)30(36)37-33-28(34)26-15-12-24(20-27(26)29(33)35)9-8-21-4-2-1-3-5-21/h1-5,10-15,20,23H,6-7,16-19H2. The highest BCUT2D eigenvalue weighted by Gasteiger charge is 2.40. The largest absolute Gasteiger partial charge is 0.434 e. The van der Waals surface area contributed by atoms with E-state index in [1.807, 2.05) is 54.6 Å². The van der Waals surface area contributed by atoms with Gasteiger partial charge in [-0.1, -0.05) is 58.8 Å². The lowest BCUT2D eigenvalue weighted by Gasteiger charge is -2.31. The number of fused-ring (bicyclic) bond motifs is 1. The molecule has 0 N–H and O–H groups in total. The number of benzene rings is 3. The Labute approximate surface area is 220 Å². The van der Waals surface area contributed by atoms with Crippen molar-refractivity contribution < 1.29 is 19.2 Å². The van der Waals surface area contributed by atoms with Crippen molar-refractivity contribution in [2.24, 2.45) is 5.92 Å². The molecule has 1 saturated heterocycles. The summed E-state index contributed by atoms with van der Waals surface area (Å²) in [6.45, 7) is 1.04. The van der Waals surface area contributed by atoms with Crippen LogP contribution in [-0.4, -0.2) is 41.0 Å². The Kier molecular flexibility index (Phi) is 7.25. The van der Waals surface area contributed by atoms with Crippen LogP contribution in [0.1, 0.15) is 56.7 Å². The quantitative estimate of drug-likeness (QED) is 0.330. The third kappa shape index (κ3) is 5.68. The molecule has 1 fully saturated rings. The number of rotatable bonds is 4. The molecule has 3 aromatic rings. The van der Waals surface area contributed by atoms with Crippen molar-refractivity contribution >= 4 is 29.5 Å². The zero-order valence-corrected chi connectivity index (χ0v) is 20.9. The van der Waals surface area contributed by atoms with Crippen molar-refractivity contribution in [1.29, 1.82) is 0 Å². The maximum Gasteiger partial charge on any atom is 0.434 e. The Balaban J connectivity index is 1.16. The molecular formula is C30H25ClN2O4. The minimum absolute atomic E-state index is 0.179. The molecule has 0 spiro atoms. The molecule has 2 aliphatic heterocycles. The molecule has 0 aromatic heterocycles. The molecule has 2 heterocycles. The van der Waals surface area contributed by atoms with Crippen LogP contribution in [0, 0.1) is 17.8 Å². The lowest BCUT2D eigenvalue weighted by molar-refractivity contribution is -0.0595. The molecule has 7 heteroatoms. The SMILES string of the molecule is O=C(ON1C(=O)c2ccc(C#Cc3ccccc3)cc2C1=O)N1CCC(CCc2ccc(Cl)cc2)CC1. The van der Waals surface area contributed by atoms with Crippen molar-refractivity contribution in [1.82, 2.24) is 9.96 Å². The lowest BCUT2D eigenvalue weighted by Crippen LogP contribution is -2.43. The van der Waals surface area contributed by atoms with Gasteiger partial charge in [0.15, 0.2) is 0 Å². The minimum atomic E-state index is -0.685. The number of carbonyl (C=O) groups excluding carboxylic acids is 3. The van der Waals surface area contributed by atoms with Crippen LogP contribution in [-0.2, 0) is 11.3 Å². The number of halogens is 1. The van der Waals surface area contributed by atoms with E-state index in [1.54, 1.807) is 23.1 Å². The second kappa shape index (κ2) is 10.9. The number of aryl methyl sites for hydroxylation is 1. The van der Waals surface area contributed by atoms with Crippen LogP contribution in [0.15, 0.2) is 72.8 Å². The van der Waals surface area contributed by atoms with Crippen LogP contribution >= 0.6 is 11.6 Å². The summed E-state index contributed by atoms with van der Waals surface area (Å²) in [5.41, 5.74) is 3.06. The molecular weight excluding hydrogens is 488 g/mol. The van der Waals surface area contributed by atoms with Crippen LogP contribution in [0.4, 0.5) is 4.79 Å². The number of amides is 3. The second-order valence-corrected chi connectivity index (χ2v) is 9.67. The number of hydrogen-bond donors (Lipinski definition) is 0. The molecule has 0 aliphatic carbocycles. The predicted octanol–water partition coefficient (Wildman–Crippen LogP) is 5.73. The van der Waals surface area contributed by atoms with Gasteiger partial charge < -0.3 is 9.74 Å². The summed E-state index contributed by atoms with van der Waals surface area (Å²) in [5.74, 6) is 5.23. The van der Waals surface area contributed by atoms with Gasteiger partial charge in [0, 0.05) is 29.2 Å². The molecule has 2 aliphatic rings. The first-order valence-corrected chi connectivity index (χ1v) is 12.7. The maximum absolute atomic E-state index is 12.9. The highest BCUT2D eigenvalue weighted by molar-refractivity contribution is 6.30. The molecule has 5 rings (SSSR count). The number of imide groups is 1. The Morgan fingerprint density at radius 2 is 1.54 bits per heavy atom. The second-order valence-electron chi connectivity index (χ2n) is 9.23. The van der Waals surface area contributed by atoms with Crippen molar-refractivity contribution in [3.8, 4) is 11.8 Å². The van der Waals surface area contributed by atoms with E-state index in [1.165, 1.54) is 5.56 Å². The molecule has 0 saturated carbocycles. The zero-order valence-electron chi connectivity index (χ0n) is 20.2. The number of hydroxylamine groups is 2. The number of carbonyl (C=O) groups is 3. The average Bonchev–Trinajstić information content (AvgIpc) is 3.16. The first-order valence-electron chi connectivity index (χ1n) is 12.3. The van der Waals surface area contributed by atoms with Crippen molar-refractivity contribution in [2.45, 2.75) is 25.7 Å². The van der Waals surface area contributed by atoms with Gasteiger partial charge in [-0.05, 0) is 79.6 Å². The highest BCUT2D eigenvalue weighted by Crippen LogP contribution is 2.27. The minimum Gasteiger partial charge on any atom is -0.310 e. The van der Waals surface area contributed by atoms with Gasteiger partial charge in [0.25, 0.3) is 11.8 Å². The van der Waals surface area contributed by atoms with Gasteiger partial charge in [-0.3, -0.25) is 9.59 Å². The van der Waals surface area contributed by atoms with Gasteiger partial charge in [-0.25, -0.2) is 4.79 Å². The fourth-order valence-electron chi connectivity index (χ4n) is 4.61. The first-order chi connectivity index (χ1) is 18.0. The molecule has 37 heavy (non-hydrogen) atoms. The summed E-state index contributed by atoms with van der Waals surface area (Å²) in [7, 11) is 0. The van der Waals surface area contributed by atoms with E-state index < -0.39 is 17.9 Å². The van der Waals surface area contributed by atoms with Gasteiger partial charge in [-0.15, -0.1) is 0 Å². The molecule has 0 bridgehead atoms. The smallest absolute Gasteiger partial charge is 0.310 e. The Bertz CT molecular complexity index is 1380. The predicted molar refractivity (Wildman–Crippen MR) is 140 cm³/mol. The molecule has 3 aromatic carbocycles. The number of piperidine rings is 1. The van der Waals surface area contributed by atoms with Crippen molar-refractivity contribution in [3.63, 3.8) is 0 Å². The van der Waals surface area contributed by atoms with Gasteiger partial charge >= 0.3 is 6.09 Å². The summed E-state index contributed by atoms with van der Waals surface area (Å²) >= 11 is 5.95. The number of hydrogen-bond acceptors (Lipinski definition) is 4. The van der Waals surface area contributed by atoms with E-state index in [9.17, 15) is 14.4 Å². The van der Waals surface area contributed by atoms with E-state index in [0.717, 1.165) is 36.3 Å². The third-order valence-corrected chi connectivity index (χ3v) is 7.02. The van der Waals surface area contributed by atoms with Crippen LogP contribution in [0.3, 0.4) is 0 Å². The molecule has 0 atom stereocenters. The normalized spacial score (nSPS) is 15.3.